The van der Waals surface area contributed by atoms with Crippen LogP contribution in [-0.2, 0) is 0 Å². The maximum atomic E-state index is 13.1. The van der Waals surface area contributed by atoms with E-state index >= 15 is 0 Å². The number of hydrogen-bond donors (Lipinski definition) is 0. The molecule has 5 heteroatoms. The molecule has 3 rings (SSSR count). The molecule has 0 amide bonds. The number of thiophene rings is 2. The lowest BCUT2D eigenvalue weighted by Crippen LogP contribution is -2.18. The largest absolute Gasteiger partial charge is 0.293 e. The summed E-state index contributed by atoms with van der Waals surface area (Å²) in [5.41, 5.74) is 2.15. The number of ketones is 1. The van der Waals surface area contributed by atoms with Crippen molar-refractivity contribution >= 4 is 60.3 Å². The highest BCUT2D eigenvalue weighted by Crippen LogP contribution is 2.51. The standard InChI is InChI=1S/C20H24Br2OS2/c1-11(2)5-4-6-12(3)7-8-13-14-9-16(21)24-19(14)20-15(18(13)23)10-17(22)25-20/h9-13H,4-8H2,1-3H3/t12?,13-/m1/s1. The first-order valence-corrected chi connectivity index (χ1v) is 12.2. The Bertz CT molecular complexity index is 760. The minimum Gasteiger partial charge on any atom is -0.293 e. The van der Waals surface area contributed by atoms with Gasteiger partial charge in [0.1, 0.15) is 0 Å². The number of rotatable bonds is 7. The van der Waals surface area contributed by atoms with Crippen LogP contribution >= 0.6 is 54.5 Å². The molecular formula is C20H24Br2OS2. The van der Waals surface area contributed by atoms with Gasteiger partial charge in [-0.25, -0.2) is 0 Å². The van der Waals surface area contributed by atoms with Crippen molar-refractivity contribution in [1.29, 1.82) is 0 Å². The average molecular weight is 504 g/mol. The summed E-state index contributed by atoms with van der Waals surface area (Å²) in [7, 11) is 0. The summed E-state index contributed by atoms with van der Waals surface area (Å²) in [5.74, 6) is 1.81. The molecule has 1 aliphatic carbocycles. The molecule has 0 N–H and O–H groups in total. The third-order valence-electron chi connectivity index (χ3n) is 5.02. The Kier molecular flexibility index (Phi) is 6.62. The number of carbonyl (C=O) groups is 1. The predicted octanol–water partition coefficient (Wildman–Crippen LogP) is 8.52. The zero-order chi connectivity index (χ0) is 18.1. The van der Waals surface area contributed by atoms with E-state index in [2.05, 4.69) is 58.7 Å². The molecule has 0 radical (unpaired) electrons. The molecule has 0 saturated carbocycles. The van der Waals surface area contributed by atoms with Crippen LogP contribution in [-0.4, -0.2) is 5.78 Å². The van der Waals surface area contributed by atoms with Crippen molar-refractivity contribution in [2.45, 2.75) is 58.8 Å². The summed E-state index contributed by atoms with van der Waals surface area (Å²) in [5, 5.41) is 0. The molecular weight excluding hydrogens is 480 g/mol. The van der Waals surface area contributed by atoms with E-state index in [1.54, 1.807) is 22.7 Å². The van der Waals surface area contributed by atoms with E-state index in [-0.39, 0.29) is 5.92 Å². The Morgan fingerprint density at radius 2 is 1.68 bits per heavy atom. The Morgan fingerprint density at radius 1 is 1.00 bits per heavy atom. The maximum absolute atomic E-state index is 13.1. The first kappa shape index (κ1) is 19.8. The highest BCUT2D eigenvalue weighted by atomic mass is 79.9. The second kappa shape index (κ2) is 8.37. The number of Topliss-reactive ketones (excluding diaryl/α,β-unsaturated/α-hetero) is 1. The molecule has 0 aromatic carbocycles. The van der Waals surface area contributed by atoms with Crippen molar-refractivity contribution < 1.29 is 4.79 Å². The molecule has 2 aromatic heterocycles. The van der Waals surface area contributed by atoms with Gasteiger partial charge in [-0.05, 0) is 74.2 Å². The predicted molar refractivity (Wildman–Crippen MR) is 117 cm³/mol. The quantitative estimate of drug-likeness (QED) is 0.370. The van der Waals surface area contributed by atoms with Crippen molar-refractivity contribution in [2.24, 2.45) is 11.8 Å². The van der Waals surface area contributed by atoms with Crippen LogP contribution in [0.2, 0.25) is 0 Å². The van der Waals surface area contributed by atoms with E-state index in [0.717, 1.165) is 36.8 Å². The van der Waals surface area contributed by atoms with E-state index < -0.39 is 0 Å². The summed E-state index contributed by atoms with van der Waals surface area (Å²) >= 11 is 10.6. The molecule has 0 bridgehead atoms. The van der Waals surface area contributed by atoms with Crippen LogP contribution in [0.1, 0.15) is 74.7 Å². The van der Waals surface area contributed by atoms with Crippen LogP contribution in [0, 0.1) is 11.8 Å². The van der Waals surface area contributed by atoms with Gasteiger partial charge in [-0.1, -0.05) is 40.0 Å². The second-order valence-corrected chi connectivity index (χ2v) is 12.4. The number of carbonyl (C=O) groups excluding carboxylic acids is 1. The van der Waals surface area contributed by atoms with Crippen molar-refractivity contribution in [1.82, 2.24) is 0 Å². The van der Waals surface area contributed by atoms with E-state index in [0.29, 0.717) is 11.7 Å². The molecule has 0 fully saturated rings. The Balaban J connectivity index is 1.73. The number of hydrogen-bond acceptors (Lipinski definition) is 3. The molecule has 2 aromatic rings. The fourth-order valence-electron chi connectivity index (χ4n) is 3.61. The smallest absolute Gasteiger partial charge is 0.171 e. The molecule has 1 unspecified atom stereocenters. The van der Waals surface area contributed by atoms with Gasteiger partial charge in [0.15, 0.2) is 5.78 Å². The van der Waals surface area contributed by atoms with Crippen LogP contribution in [0.15, 0.2) is 19.7 Å². The van der Waals surface area contributed by atoms with Crippen LogP contribution in [0.5, 0.6) is 0 Å². The van der Waals surface area contributed by atoms with Gasteiger partial charge in [0.05, 0.1) is 17.3 Å². The molecule has 2 atom stereocenters. The third kappa shape index (κ3) is 4.48. The highest BCUT2D eigenvalue weighted by molar-refractivity contribution is 9.11. The Hall–Kier alpha value is 0.0300. The van der Waals surface area contributed by atoms with Crippen LogP contribution in [0.3, 0.4) is 0 Å². The Labute approximate surface area is 175 Å². The molecule has 136 valence electrons. The van der Waals surface area contributed by atoms with Gasteiger partial charge in [0.25, 0.3) is 0 Å². The third-order valence-corrected chi connectivity index (χ3v) is 8.48. The normalized spacial score (nSPS) is 17.7. The molecule has 1 aliphatic rings. The topological polar surface area (TPSA) is 17.1 Å². The summed E-state index contributed by atoms with van der Waals surface area (Å²) in [6.45, 7) is 6.92. The van der Waals surface area contributed by atoms with E-state index in [9.17, 15) is 4.79 Å². The van der Waals surface area contributed by atoms with Crippen molar-refractivity contribution in [3.05, 3.63) is 30.8 Å². The minimum absolute atomic E-state index is 0.0269. The maximum Gasteiger partial charge on any atom is 0.171 e. The van der Waals surface area contributed by atoms with Crippen molar-refractivity contribution in [3.63, 3.8) is 0 Å². The molecule has 0 aliphatic heterocycles. The second-order valence-electron chi connectivity index (χ2n) is 7.55. The van der Waals surface area contributed by atoms with Gasteiger partial charge >= 0.3 is 0 Å². The van der Waals surface area contributed by atoms with E-state index in [4.69, 9.17) is 0 Å². The van der Waals surface area contributed by atoms with Gasteiger partial charge < -0.3 is 0 Å². The highest BCUT2D eigenvalue weighted by Gasteiger charge is 2.35. The van der Waals surface area contributed by atoms with Gasteiger partial charge in [0.2, 0.25) is 0 Å². The van der Waals surface area contributed by atoms with Gasteiger partial charge in [0, 0.05) is 11.5 Å². The van der Waals surface area contributed by atoms with Gasteiger partial charge in [-0.15, -0.1) is 22.7 Å². The molecule has 0 spiro atoms. The lowest BCUT2D eigenvalue weighted by atomic mass is 9.81. The Morgan fingerprint density at radius 3 is 2.40 bits per heavy atom. The average Bonchev–Trinajstić information content (AvgIpc) is 3.09. The lowest BCUT2D eigenvalue weighted by Gasteiger charge is -2.23. The van der Waals surface area contributed by atoms with Crippen LogP contribution in [0.25, 0.3) is 9.75 Å². The number of fused-ring (bicyclic) bond motifs is 3. The monoisotopic (exact) mass is 502 g/mol. The fourth-order valence-corrected chi connectivity index (χ4v) is 7.06. The molecule has 1 nitrogen and oxygen atoms in total. The summed E-state index contributed by atoms with van der Waals surface area (Å²) < 4.78 is 2.17. The lowest BCUT2D eigenvalue weighted by molar-refractivity contribution is 0.0951. The molecule has 0 saturated heterocycles. The van der Waals surface area contributed by atoms with Gasteiger partial charge in [-0.3, -0.25) is 4.79 Å². The summed E-state index contributed by atoms with van der Waals surface area (Å²) in [6, 6.07) is 4.18. The van der Waals surface area contributed by atoms with Gasteiger partial charge in [-0.2, -0.15) is 0 Å². The first-order chi connectivity index (χ1) is 11.9. The zero-order valence-electron chi connectivity index (χ0n) is 14.9. The molecule has 2 heterocycles. The summed E-state index contributed by atoms with van der Waals surface area (Å²) in [4.78, 5) is 15.5. The molecule has 25 heavy (non-hydrogen) atoms. The van der Waals surface area contributed by atoms with E-state index in [1.165, 1.54) is 29.7 Å². The van der Waals surface area contributed by atoms with E-state index in [1.807, 2.05) is 6.07 Å². The fraction of sp³-hybridized carbons (Fsp3) is 0.550. The van der Waals surface area contributed by atoms with Crippen LogP contribution < -0.4 is 0 Å². The minimum atomic E-state index is 0.0269. The SMILES string of the molecule is CC(C)CCCC(C)CC[C@H]1C(=O)c2cc(Br)sc2-c2sc(Br)cc21. The van der Waals surface area contributed by atoms with Crippen molar-refractivity contribution in [2.75, 3.05) is 0 Å². The summed E-state index contributed by atoms with van der Waals surface area (Å²) in [6.07, 6.45) is 5.97. The van der Waals surface area contributed by atoms with Crippen LogP contribution in [0.4, 0.5) is 0 Å². The number of halogens is 2. The zero-order valence-corrected chi connectivity index (χ0v) is 19.7. The first-order valence-electron chi connectivity index (χ1n) is 9.00. The van der Waals surface area contributed by atoms with Crippen molar-refractivity contribution in [3.8, 4) is 9.75 Å².